The molecular weight excluding hydrogens is 448 g/mol. The first kappa shape index (κ1) is 19.4. The van der Waals surface area contributed by atoms with Gasteiger partial charge in [-0.3, -0.25) is 9.69 Å². The second-order valence-electron chi connectivity index (χ2n) is 6.71. The van der Waals surface area contributed by atoms with Crippen molar-refractivity contribution >= 4 is 33.4 Å². The van der Waals surface area contributed by atoms with Crippen molar-refractivity contribution in [3.63, 3.8) is 0 Å². The lowest BCUT2D eigenvalue weighted by Gasteiger charge is -2.34. The number of carbonyl (C=O) groups is 1. The molecule has 1 amide bonds. The quantitative estimate of drug-likeness (QED) is 0.673. The minimum absolute atomic E-state index is 0.00965. The molecule has 2 aliphatic heterocycles. The van der Waals surface area contributed by atoms with Crippen LogP contribution in [0.15, 0.2) is 40.9 Å². The van der Waals surface area contributed by atoms with E-state index < -0.39 is 0 Å². The van der Waals surface area contributed by atoms with Gasteiger partial charge >= 0.3 is 0 Å². The number of rotatable bonds is 5. The van der Waals surface area contributed by atoms with Crippen molar-refractivity contribution in [1.29, 1.82) is 0 Å². The van der Waals surface area contributed by atoms with Crippen molar-refractivity contribution < 1.29 is 19.0 Å². The maximum Gasteiger partial charge on any atom is 0.260 e. The fourth-order valence-corrected chi connectivity index (χ4v) is 4.07. The summed E-state index contributed by atoms with van der Waals surface area (Å²) in [4.78, 5) is 16.6. The second-order valence-corrected chi connectivity index (χ2v) is 8.00. The summed E-state index contributed by atoms with van der Waals surface area (Å²) < 4.78 is 17.2. The molecule has 6 nitrogen and oxygen atoms in total. The Hall–Kier alpha value is -1.96. The zero-order valence-electron chi connectivity index (χ0n) is 15.2. The molecule has 8 heteroatoms. The van der Waals surface area contributed by atoms with E-state index in [4.69, 9.17) is 25.8 Å². The van der Waals surface area contributed by atoms with E-state index in [1.54, 1.807) is 18.2 Å². The maximum atomic E-state index is 12.5. The van der Waals surface area contributed by atoms with E-state index in [1.165, 1.54) is 5.56 Å². The first-order valence-corrected chi connectivity index (χ1v) is 10.2. The molecular formula is C20H20BrClN2O4. The molecule has 28 heavy (non-hydrogen) atoms. The number of halogens is 2. The highest BCUT2D eigenvalue weighted by molar-refractivity contribution is 9.10. The number of hydrogen-bond donors (Lipinski definition) is 0. The zero-order chi connectivity index (χ0) is 19.5. The molecule has 1 fully saturated rings. The number of fused-ring (bicyclic) bond motifs is 1. The molecule has 0 N–H and O–H groups in total. The van der Waals surface area contributed by atoms with Crippen molar-refractivity contribution in [2.75, 3.05) is 39.6 Å². The SMILES string of the molecule is O=C(COc1ccc(Cl)cc1Br)N1CCN(Cc2ccc3c(c2)OCO3)CC1. The maximum absolute atomic E-state index is 12.5. The molecule has 0 aromatic heterocycles. The van der Waals surface area contributed by atoms with Crippen LogP contribution in [0.3, 0.4) is 0 Å². The molecule has 0 bridgehead atoms. The fraction of sp³-hybridized carbons (Fsp3) is 0.350. The van der Waals surface area contributed by atoms with E-state index in [2.05, 4.69) is 26.9 Å². The van der Waals surface area contributed by atoms with Crippen LogP contribution < -0.4 is 14.2 Å². The normalized spacial score (nSPS) is 16.3. The summed E-state index contributed by atoms with van der Waals surface area (Å²) in [6, 6.07) is 11.3. The first-order chi connectivity index (χ1) is 13.6. The summed E-state index contributed by atoms with van der Waals surface area (Å²) in [7, 11) is 0. The van der Waals surface area contributed by atoms with Crippen LogP contribution in [0, 0.1) is 0 Å². The van der Waals surface area contributed by atoms with Crippen LogP contribution in [0.25, 0.3) is 0 Å². The van der Waals surface area contributed by atoms with E-state index in [-0.39, 0.29) is 19.3 Å². The zero-order valence-corrected chi connectivity index (χ0v) is 17.5. The third kappa shape index (κ3) is 4.54. The van der Waals surface area contributed by atoms with Crippen LogP contribution in [0.2, 0.25) is 5.02 Å². The highest BCUT2D eigenvalue weighted by atomic mass is 79.9. The van der Waals surface area contributed by atoms with Crippen LogP contribution in [0.5, 0.6) is 17.2 Å². The molecule has 0 aliphatic carbocycles. The van der Waals surface area contributed by atoms with Gasteiger partial charge in [0.15, 0.2) is 18.1 Å². The Morgan fingerprint density at radius 2 is 1.86 bits per heavy atom. The number of hydrogen-bond acceptors (Lipinski definition) is 5. The van der Waals surface area contributed by atoms with Crippen LogP contribution in [0.4, 0.5) is 0 Å². The molecule has 0 radical (unpaired) electrons. The summed E-state index contributed by atoms with van der Waals surface area (Å²) in [5, 5.41) is 0.615. The van der Waals surface area contributed by atoms with E-state index >= 15 is 0 Å². The molecule has 0 saturated carbocycles. The topological polar surface area (TPSA) is 51.2 Å². The highest BCUT2D eigenvalue weighted by Crippen LogP contribution is 2.33. The Morgan fingerprint density at radius 1 is 1.07 bits per heavy atom. The van der Waals surface area contributed by atoms with Gasteiger partial charge < -0.3 is 19.1 Å². The number of nitrogens with zero attached hydrogens (tertiary/aromatic N) is 2. The third-order valence-electron chi connectivity index (χ3n) is 4.81. The van der Waals surface area contributed by atoms with Crippen molar-refractivity contribution in [3.05, 3.63) is 51.5 Å². The number of piperazine rings is 1. The summed E-state index contributed by atoms with van der Waals surface area (Å²) in [5.74, 6) is 2.20. The third-order valence-corrected chi connectivity index (χ3v) is 5.67. The molecule has 0 atom stereocenters. The number of carbonyl (C=O) groups excluding carboxylic acids is 1. The molecule has 2 aromatic carbocycles. The van der Waals surface area contributed by atoms with Gasteiger partial charge in [0.25, 0.3) is 5.91 Å². The van der Waals surface area contributed by atoms with Crippen LogP contribution in [-0.4, -0.2) is 55.3 Å². The Kier molecular flexibility index (Phi) is 5.94. The predicted molar refractivity (Wildman–Crippen MR) is 109 cm³/mol. The molecule has 2 aliphatic rings. The van der Waals surface area contributed by atoms with Gasteiger partial charge in [-0.05, 0) is 51.8 Å². The lowest BCUT2D eigenvalue weighted by molar-refractivity contribution is -0.135. The monoisotopic (exact) mass is 466 g/mol. The number of ether oxygens (including phenoxy) is 3. The smallest absolute Gasteiger partial charge is 0.260 e. The average Bonchev–Trinajstić information content (AvgIpc) is 3.15. The van der Waals surface area contributed by atoms with Crippen molar-refractivity contribution in [3.8, 4) is 17.2 Å². The largest absolute Gasteiger partial charge is 0.483 e. The van der Waals surface area contributed by atoms with Gasteiger partial charge in [-0.2, -0.15) is 0 Å². The summed E-state index contributed by atoms with van der Waals surface area (Å²) in [5.41, 5.74) is 1.18. The highest BCUT2D eigenvalue weighted by Gasteiger charge is 2.22. The van der Waals surface area contributed by atoms with Crippen LogP contribution in [0.1, 0.15) is 5.56 Å². The van der Waals surface area contributed by atoms with E-state index in [9.17, 15) is 4.79 Å². The van der Waals surface area contributed by atoms with Gasteiger partial charge in [-0.15, -0.1) is 0 Å². The Balaban J connectivity index is 1.25. The minimum Gasteiger partial charge on any atom is -0.483 e. The lowest BCUT2D eigenvalue weighted by atomic mass is 10.1. The molecule has 2 aromatic rings. The Morgan fingerprint density at radius 3 is 2.64 bits per heavy atom. The number of amides is 1. The van der Waals surface area contributed by atoms with Crippen LogP contribution in [-0.2, 0) is 11.3 Å². The van der Waals surface area contributed by atoms with Gasteiger partial charge in [0.2, 0.25) is 6.79 Å². The lowest BCUT2D eigenvalue weighted by Crippen LogP contribution is -2.49. The van der Waals surface area contributed by atoms with Gasteiger partial charge in [-0.25, -0.2) is 0 Å². The molecule has 148 valence electrons. The Bertz CT molecular complexity index is 871. The van der Waals surface area contributed by atoms with E-state index in [0.717, 1.165) is 35.6 Å². The number of benzene rings is 2. The molecule has 1 saturated heterocycles. The molecule has 4 rings (SSSR count). The second kappa shape index (κ2) is 8.59. The summed E-state index contributed by atoms with van der Waals surface area (Å²) >= 11 is 9.32. The van der Waals surface area contributed by atoms with E-state index in [1.807, 2.05) is 17.0 Å². The van der Waals surface area contributed by atoms with Crippen molar-refractivity contribution in [2.45, 2.75) is 6.54 Å². The van der Waals surface area contributed by atoms with Crippen molar-refractivity contribution in [2.24, 2.45) is 0 Å². The van der Waals surface area contributed by atoms with Gasteiger partial charge in [0.05, 0.1) is 4.47 Å². The Labute approximate surface area is 177 Å². The first-order valence-electron chi connectivity index (χ1n) is 9.05. The van der Waals surface area contributed by atoms with Gasteiger partial charge in [0, 0.05) is 37.7 Å². The standard InChI is InChI=1S/C20H20BrClN2O4/c21-16-10-15(22)2-4-17(16)26-12-20(25)24-7-5-23(6-8-24)11-14-1-3-18-19(9-14)28-13-27-18/h1-4,9-10H,5-8,11-13H2. The summed E-state index contributed by atoms with van der Waals surface area (Å²) in [6.45, 7) is 4.15. The predicted octanol–water partition coefficient (Wildman–Crippen LogP) is 3.55. The van der Waals surface area contributed by atoms with Crippen LogP contribution >= 0.6 is 27.5 Å². The van der Waals surface area contributed by atoms with Gasteiger partial charge in [0.1, 0.15) is 5.75 Å². The minimum atomic E-state index is -0.00965. The van der Waals surface area contributed by atoms with E-state index in [0.29, 0.717) is 23.9 Å². The summed E-state index contributed by atoms with van der Waals surface area (Å²) in [6.07, 6.45) is 0. The molecule has 2 heterocycles. The molecule has 0 spiro atoms. The average molecular weight is 468 g/mol. The van der Waals surface area contributed by atoms with Gasteiger partial charge in [-0.1, -0.05) is 17.7 Å². The fourth-order valence-electron chi connectivity index (χ4n) is 3.28. The molecule has 0 unspecified atom stereocenters. The van der Waals surface area contributed by atoms with Crippen molar-refractivity contribution in [1.82, 2.24) is 9.80 Å².